The number of rotatable bonds is 6. The number of aryl methyl sites for hydroxylation is 1. The molecule has 0 fully saturated rings. The van der Waals surface area contributed by atoms with Crippen molar-refractivity contribution in [2.75, 3.05) is 12.4 Å². The van der Waals surface area contributed by atoms with Crippen LogP contribution in [0.1, 0.15) is 35.7 Å². The lowest BCUT2D eigenvalue weighted by Gasteiger charge is -2.09. The Morgan fingerprint density at radius 2 is 2.17 bits per heavy atom. The van der Waals surface area contributed by atoms with E-state index in [2.05, 4.69) is 12.2 Å². The van der Waals surface area contributed by atoms with Gasteiger partial charge in [0, 0.05) is 23.0 Å². The molecule has 0 heterocycles. The monoisotopic (exact) mass is 287 g/mol. The second-order valence-corrected chi connectivity index (χ2v) is 5.36. The van der Waals surface area contributed by atoms with Gasteiger partial charge in [0.2, 0.25) is 0 Å². The van der Waals surface area contributed by atoms with Crippen molar-refractivity contribution in [2.24, 2.45) is 5.92 Å². The number of nitrogens with one attached hydrogen (secondary N) is 1. The molecular formula is C14H19Cl2NO. The van der Waals surface area contributed by atoms with E-state index in [0.29, 0.717) is 28.9 Å². The number of hydrogen-bond acceptors (Lipinski definition) is 1. The summed E-state index contributed by atoms with van der Waals surface area (Å²) in [7, 11) is 0. The molecule has 0 saturated heterocycles. The number of benzene rings is 1. The first-order chi connectivity index (χ1) is 8.54. The molecule has 4 heteroatoms. The average Bonchev–Trinajstić information content (AvgIpc) is 2.34. The molecule has 1 aromatic carbocycles. The van der Waals surface area contributed by atoms with Gasteiger partial charge in [0.1, 0.15) is 0 Å². The highest BCUT2D eigenvalue weighted by Crippen LogP contribution is 2.15. The zero-order valence-corrected chi connectivity index (χ0v) is 12.3. The summed E-state index contributed by atoms with van der Waals surface area (Å²) in [6.45, 7) is 4.68. The van der Waals surface area contributed by atoms with Gasteiger partial charge in [-0.25, -0.2) is 0 Å². The van der Waals surface area contributed by atoms with E-state index in [1.54, 1.807) is 18.2 Å². The topological polar surface area (TPSA) is 29.1 Å². The van der Waals surface area contributed by atoms with E-state index in [0.717, 1.165) is 18.4 Å². The van der Waals surface area contributed by atoms with E-state index in [-0.39, 0.29) is 5.91 Å². The van der Waals surface area contributed by atoms with Crippen molar-refractivity contribution in [3.05, 3.63) is 34.3 Å². The second-order valence-electron chi connectivity index (χ2n) is 4.62. The Morgan fingerprint density at radius 1 is 1.44 bits per heavy atom. The zero-order chi connectivity index (χ0) is 13.5. The SMILES string of the molecule is Cc1cc(Cl)ccc1C(=O)NCCCC(C)CCl. The Balaban J connectivity index is 2.41. The van der Waals surface area contributed by atoms with Crippen molar-refractivity contribution in [3.63, 3.8) is 0 Å². The summed E-state index contributed by atoms with van der Waals surface area (Å²) in [5, 5.41) is 3.57. The Bertz CT molecular complexity index is 407. The van der Waals surface area contributed by atoms with E-state index in [1.165, 1.54) is 0 Å². The minimum Gasteiger partial charge on any atom is -0.352 e. The van der Waals surface area contributed by atoms with Crippen LogP contribution < -0.4 is 5.32 Å². The van der Waals surface area contributed by atoms with Gasteiger partial charge in [0.25, 0.3) is 5.91 Å². The highest BCUT2D eigenvalue weighted by Gasteiger charge is 2.08. The Hall–Kier alpha value is -0.730. The van der Waals surface area contributed by atoms with Gasteiger partial charge in [-0.15, -0.1) is 11.6 Å². The Kier molecular flexibility index (Phi) is 6.51. The average molecular weight is 288 g/mol. The lowest BCUT2D eigenvalue weighted by molar-refractivity contribution is 0.0952. The van der Waals surface area contributed by atoms with Crippen LogP contribution in [0.4, 0.5) is 0 Å². The maximum absolute atomic E-state index is 11.9. The number of carbonyl (C=O) groups is 1. The minimum atomic E-state index is -0.0392. The number of carbonyl (C=O) groups excluding carboxylic acids is 1. The molecule has 0 aliphatic heterocycles. The second kappa shape index (κ2) is 7.65. The molecule has 18 heavy (non-hydrogen) atoms. The third kappa shape index (κ3) is 4.87. The fourth-order valence-corrected chi connectivity index (χ4v) is 2.09. The lowest BCUT2D eigenvalue weighted by atomic mass is 10.1. The lowest BCUT2D eigenvalue weighted by Crippen LogP contribution is -2.25. The smallest absolute Gasteiger partial charge is 0.251 e. The van der Waals surface area contributed by atoms with Crippen molar-refractivity contribution in [1.29, 1.82) is 0 Å². The fourth-order valence-electron chi connectivity index (χ4n) is 1.71. The molecule has 0 bridgehead atoms. The van der Waals surface area contributed by atoms with Crippen LogP contribution in [-0.2, 0) is 0 Å². The van der Waals surface area contributed by atoms with E-state index in [9.17, 15) is 4.79 Å². The van der Waals surface area contributed by atoms with Crippen LogP contribution >= 0.6 is 23.2 Å². The fraction of sp³-hybridized carbons (Fsp3) is 0.500. The normalized spacial score (nSPS) is 12.2. The highest BCUT2D eigenvalue weighted by atomic mass is 35.5. The zero-order valence-electron chi connectivity index (χ0n) is 10.8. The molecule has 0 aliphatic rings. The van der Waals surface area contributed by atoms with Gasteiger partial charge in [-0.2, -0.15) is 0 Å². The van der Waals surface area contributed by atoms with E-state index in [4.69, 9.17) is 23.2 Å². The van der Waals surface area contributed by atoms with Crippen molar-refractivity contribution in [3.8, 4) is 0 Å². The van der Waals surface area contributed by atoms with Crippen LogP contribution in [0, 0.1) is 12.8 Å². The van der Waals surface area contributed by atoms with Gasteiger partial charge in [-0.1, -0.05) is 18.5 Å². The highest BCUT2D eigenvalue weighted by molar-refractivity contribution is 6.30. The molecule has 0 saturated carbocycles. The maximum atomic E-state index is 11.9. The summed E-state index contributed by atoms with van der Waals surface area (Å²) in [5.74, 6) is 1.13. The molecule has 1 unspecified atom stereocenters. The maximum Gasteiger partial charge on any atom is 0.251 e. The van der Waals surface area contributed by atoms with Crippen LogP contribution in [0.15, 0.2) is 18.2 Å². The van der Waals surface area contributed by atoms with Crippen molar-refractivity contribution >= 4 is 29.1 Å². The minimum absolute atomic E-state index is 0.0392. The molecule has 1 atom stereocenters. The summed E-state index contributed by atoms with van der Waals surface area (Å²) < 4.78 is 0. The van der Waals surface area contributed by atoms with Gasteiger partial charge >= 0.3 is 0 Å². The molecule has 0 spiro atoms. The molecule has 0 radical (unpaired) electrons. The van der Waals surface area contributed by atoms with Crippen LogP contribution in [-0.4, -0.2) is 18.3 Å². The van der Waals surface area contributed by atoms with Gasteiger partial charge in [0.05, 0.1) is 0 Å². The Labute approximate surface area is 119 Å². The van der Waals surface area contributed by atoms with Crippen LogP contribution in [0.2, 0.25) is 5.02 Å². The number of halogens is 2. The van der Waals surface area contributed by atoms with Gasteiger partial charge in [0.15, 0.2) is 0 Å². The summed E-state index contributed by atoms with van der Waals surface area (Å²) in [4.78, 5) is 11.9. The quantitative estimate of drug-likeness (QED) is 0.621. The van der Waals surface area contributed by atoms with Crippen LogP contribution in [0.5, 0.6) is 0 Å². The van der Waals surface area contributed by atoms with E-state index < -0.39 is 0 Å². The first kappa shape index (κ1) is 15.3. The molecular weight excluding hydrogens is 269 g/mol. The van der Waals surface area contributed by atoms with Crippen LogP contribution in [0.3, 0.4) is 0 Å². The number of amides is 1. The molecule has 100 valence electrons. The standard InChI is InChI=1S/C14H19Cl2NO/c1-10(9-15)4-3-7-17-14(18)13-6-5-12(16)8-11(13)2/h5-6,8,10H,3-4,7,9H2,1-2H3,(H,17,18). The molecule has 1 N–H and O–H groups in total. The summed E-state index contributed by atoms with van der Waals surface area (Å²) in [5.41, 5.74) is 1.58. The van der Waals surface area contributed by atoms with E-state index in [1.807, 2.05) is 6.92 Å². The molecule has 0 aliphatic carbocycles. The first-order valence-corrected chi connectivity index (χ1v) is 7.06. The van der Waals surface area contributed by atoms with E-state index >= 15 is 0 Å². The van der Waals surface area contributed by atoms with Crippen molar-refractivity contribution < 1.29 is 4.79 Å². The van der Waals surface area contributed by atoms with Gasteiger partial charge < -0.3 is 5.32 Å². The van der Waals surface area contributed by atoms with Crippen molar-refractivity contribution in [2.45, 2.75) is 26.7 Å². The first-order valence-electron chi connectivity index (χ1n) is 6.15. The molecule has 2 nitrogen and oxygen atoms in total. The van der Waals surface area contributed by atoms with Crippen LogP contribution in [0.25, 0.3) is 0 Å². The van der Waals surface area contributed by atoms with Gasteiger partial charge in [-0.05, 0) is 49.4 Å². The summed E-state index contributed by atoms with van der Waals surface area (Å²) in [6.07, 6.45) is 1.98. The number of alkyl halides is 1. The predicted molar refractivity (Wildman–Crippen MR) is 77.6 cm³/mol. The molecule has 1 amide bonds. The third-order valence-corrected chi connectivity index (χ3v) is 3.62. The van der Waals surface area contributed by atoms with Crippen molar-refractivity contribution in [1.82, 2.24) is 5.32 Å². The largest absolute Gasteiger partial charge is 0.352 e. The molecule has 1 aromatic rings. The third-order valence-electron chi connectivity index (χ3n) is 2.86. The molecule has 1 rings (SSSR count). The van der Waals surface area contributed by atoms with Gasteiger partial charge in [-0.3, -0.25) is 4.79 Å². The summed E-state index contributed by atoms with van der Waals surface area (Å²) in [6, 6.07) is 5.29. The number of hydrogen-bond donors (Lipinski definition) is 1. The molecule has 0 aromatic heterocycles. The predicted octanol–water partition coefficient (Wildman–Crippen LogP) is 4.03. The summed E-state index contributed by atoms with van der Waals surface area (Å²) >= 11 is 11.6. The Morgan fingerprint density at radius 3 is 2.78 bits per heavy atom.